The first-order valence-electron chi connectivity index (χ1n) is 13.7. The number of rotatable bonds is 8. The molecule has 0 fully saturated rings. The first-order chi connectivity index (χ1) is 20.2. The average Bonchev–Trinajstić information content (AvgIpc) is 3.38. The molecule has 0 saturated heterocycles. The lowest BCUT2D eigenvalue weighted by molar-refractivity contribution is -0.130. The van der Waals surface area contributed by atoms with E-state index in [0.717, 1.165) is 38.1 Å². The van der Waals surface area contributed by atoms with Gasteiger partial charge in [0.1, 0.15) is 17.8 Å². The van der Waals surface area contributed by atoms with Gasteiger partial charge in [0.15, 0.2) is 5.82 Å². The summed E-state index contributed by atoms with van der Waals surface area (Å²) >= 11 is 0. The van der Waals surface area contributed by atoms with Crippen molar-refractivity contribution in [2.24, 2.45) is 0 Å². The first kappa shape index (κ1) is 28.4. The number of likely N-dealkylation sites (N-methyl/N-ethyl adjacent to an activating group) is 1. The standard InChI is InChI=1S/C30H32N6O6/c1-4-42-25-14-11-19-15-20(26-32-29(39)34-33-26)9-12-21(19)22(25)16-36-24-8-6-5-7-18(24)10-13-23(28(36)38)31-27(37)17(2)35(3)30(40)41/h5-9,11-12,14-15,17,23H,4,10,13,16H2,1-3H3,(H,31,37)(H,40,41)(H2,32,33,34,39)/t17-,23-/m0/s1. The Bertz CT molecular complexity index is 1710. The van der Waals surface area contributed by atoms with Crippen LogP contribution in [0.4, 0.5) is 10.5 Å². The van der Waals surface area contributed by atoms with Crippen molar-refractivity contribution in [3.63, 3.8) is 0 Å². The Hall–Kier alpha value is -5.13. The highest BCUT2D eigenvalue weighted by molar-refractivity contribution is 6.02. The fraction of sp³-hybridized carbons (Fsp3) is 0.300. The number of H-pyrrole nitrogens is 2. The summed E-state index contributed by atoms with van der Waals surface area (Å²) in [6, 6.07) is 15.2. The van der Waals surface area contributed by atoms with Gasteiger partial charge in [-0.05, 0) is 61.2 Å². The van der Waals surface area contributed by atoms with Gasteiger partial charge < -0.3 is 20.1 Å². The fourth-order valence-corrected chi connectivity index (χ4v) is 5.19. The van der Waals surface area contributed by atoms with Gasteiger partial charge in [-0.2, -0.15) is 5.10 Å². The zero-order valence-corrected chi connectivity index (χ0v) is 23.5. The Balaban J connectivity index is 1.54. The molecule has 42 heavy (non-hydrogen) atoms. The number of para-hydroxylation sites is 1. The molecular formula is C30H32N6O6. The molecule has 0 radical (unpaired) electrons. The van der Waals surface area contributed by atoms with Crippen LogP contribution in [0, 0.1) is 0 Å². The number of benzene rings is 3. The third-order valence-corrected chi connectivity index (χ3v) is 7.61. The summed E-state index contributed by atoms with van der Waals surface area (Å²) in [5, 5.41) is 20.2. The number of ether oxygens (including phenoxy) is 1. The number of anilines is 1. The minimum Gasteiger partial charge on any atom is -0.494 e. The normalized spacial score (nSPS) is 15.5. The minimum atomic E-state index is -1.24. The number of aromatic nitrogens is 3. The lowest BCUT2D eigenvalue weighted by atomic mass is 9.99. The first-order valence-corrected chi connectivity index (χ1v) is 13.7. The average molecular weight is 573 g/mol. The monoisotopic (exact) mass is 572 g/mol. The van der Waals surface area contributed by atoms with Crippen molar-refractivity contribution in [3.05, 3.63) is 76.2 Å². The SMILES string of the molecule is CCOc1ccc2cc(-c3n[nH]c(=O)[nH]3)ccc2c1CN1C(=O)[C@@H](NC(=O)[C@H](C)N(C)C(=O)O)CCc2ccccc21. The predicted molar refractivity (Wildman–Crippen MR) is 156 cm³/mol. The summed E-state index contributed by atoms with van der Waals surface area (Å²) in [6.45, 7) is 3.95. The quantitative estimate of drug-likeness (QED) is 0.252. The molecule has 12 heteroatoms. The smallest absolute Gasteiger partial charge is 0.407 e. The molecule has 2 heterocycles. The highest BCUT2D eigenvalue weighted by Gasteiger charge is 2.34. The molecule has 5 rings (SSSR count). The number of amides is 3. The van der Waals surface area contributed by atoms with E-state index in [1.165, 1.54) is 14.0 Å². The molecular weight excluding hydrogens is 540 g/mol. The number of aromatic amines is 2. The van der Waals surface area contributed by atoms with Crippen molar-refractivity contribution >= 4 is 34.4 Å². The van der Waals surface area contributed by atoms with Gasteiger partial charge in [-0.25, -0.2) is 14.7 Å². The molecule has 3 aromatic carbocycles. The number of hydrogen-bond acceptors (Lipinski definition) is 6. The molecule has 0 aliphatic carbocycles. The van der Waals surface area contributed by atoms with Crippen LogP contribution >= 0.6 is 0 Å². The van der Waals surface area contributed by atoms with Crippen LogP contribution < -0.4 is 20.6 Å². The highest BCUT2D eigenvalue weighted by Crippen LogP contribution is 2.35. The Morgan fingerprint density at radius 1 is 1.19 bits per heavy atom. The topological polar surface area (TPSA) is 161 Å². The zero-order chi connectivity index (χ0) is 30.0. The summed E-state index contributed by atoms with van der Waals surface area (Å²) < 4.78 is 6.00. The van der Waals surface area contributed by atoms with Gasteiger partial charge in [0.2, 0.25) is 11.8 Å². The Morgan fingerprint density at radius 3 is 2.69 bits per heavy atom. The number of carboxylic acid groups (broad SMARTS) is 1. The van der Waals surface area contributed by atoms with Crippen molar-refractivity contribution in [1.29, 1.82) is 0 Å². The number of nitrogens with one attached hydrogen (secondary N) is 3. The van der Waals surface area contributed by atoms with Gasteiger partial charge in [0.25, 0.3) is 0 Å². The van der Waals surface area contributed by atoms with Crippen LogP contribution in [-0.4, -0.2) is 68.8 Å². The molecule has 1 aromatic heterocycles. The Labute approximate surface area is 241 Å². The molecule has 12 nitrogen and oxygen atoms in total. The van der Waals surface area contributed by atoms with Gasteiger partial charge in [-0.1, -0.05) is 36.4 Å². The van der Waals surface area contributed by atoms with E-state index >= 15 is 0 Å². The largest absolute Gasteiger partial charge is 0.494 e. The Kier molecular flexibility index (Phi) is 7.96. The van der Waals surface area contributed by atoms with Crippen LogP contribution in [-0.2, 0) is 22.6 Å². The number of hydrogen-bond donors (Lipinski definition) is 4. The van der Waals surface area contributed by atoms with E-state index < -0.39 is 29.8 Å². The molecule has 4 aromatic rings. The second-order valence-corrected chi connectivity index (χ2v) is 10.2. The molecule has 1 aliphatic heterocycles. The molecule has 0 spiro atoms. The lowest BCUT2D eigenvalue weighted by Gasteiger charge is -2.29. The van der Waals surface area contributed by atoms with Crippen molar-refractivity contribution in [2.45, 2.75) is 45.3 Å². The fourth-order valence-electron chi connectivity index (χ4n) is 5.19. The highest BCUT2D eigenvalue weighted by atomic mass is 16.5. The third-order valence-electron chi connectivity index (χ3n) is 7.61. The van der Waals surface area contributed by atoms with E-state index in [0.29, 0.717) is 31.0 Å². The van der Waals surface area contributed by atoms with E-state index in [4.69, 9.17) is 4.74 Å². The summed E-state index contributed by atoms with van der Waals surface area (Å²) in [6.07, 6.45) is -0.327. The molecule has 0 saturated carbocycles. The van der Waals surface area contributed by atoms with Crippen LogP contribution in [0.3, 0.4) is 0 Å². The van der Waals surface area contributed by atoms with E-state index in [9.17, 15) is 24.3 Å². The molecule has 0 bridgehead atoms. The summed E-state index contributed by atoms with van der Waals surface area (Å²) in [4.78, 5) is 55.3. The summed E-state index contributed by atoms with van der Waals surface area (Å²) in [5.41, 5.74) is 2.80. The maximum absolute atomic E-state index is 14.1. The van der Waals surface area contributed by atoms with Crippen molar-refractivity contribution in [2.75, 3.05) is 18.6 Å². The van der Waals surface area contributed by atoms with Crippen LogP contribution in [0.1, 0.15) is 31.4 Å². The van der Waals surface area contributed by atoms with Gasteiger partial charge in [0, 0.05) is 23.9 Å². The van der Waals surface area contributed by atoms with E-state index in [1.807, 2.05) is 61.5 Å². The lowest BCUT2D eigenvalue weighted by Crippen LogP contribution is -2.53. The van der Waals surface area contributed by atoms with E-state index in [1.54, 1.807) is 4.90 Å². The van der Waals surface area contributed by atoms with Gasteiger partial charge in [-0.15, -0.1) is 0 Å². The number of aryl methyl sites for hydroxylation is 1. The van der Waals surface area contributed by atoms with Crippen LogP contribution in [0.2, 0.25) is 0 Å². The second kappa shape index (κ2) is 11.8. The molecule has 4 N–H and O–H groups in total. The molecule has 0 unspecified atom stereocenters. The molecule has 2 atom stereocenters. The number of carbonyl (C=O) groups is 3. The minimum absolute atomic E-state index is 0.165. The maximum Gasteiger partial charge on any atom is 0.407 e. The number of carbonyl (C=O) groups excluding carboxylic acids is 2. The van der Waals surface area contributed by atoms with Crippen molar-refractivity contribution in [1.82, 2.24) is 25.4 Å². The zero-order valence-electron chi connectivity index (χ0n) is 23.5. The third kappa shape index (κ3) is 5.55. The van der Waals surface area contributed by atoms with Crippen LogP contribution in [0.5, 0.6) is 5.75 Å². The van der Waals surface area contributed by atoms with Crippen molar-refractivity contribution < 1.29 is 24.2 Å². The van der Waals surface area contributed by atoms with Crippen molar-refractivity contribution in [3.8, 4) is 17.1 Å². The van der Waals surface area contributed by atoms with E-state index in [-0.39, 0.29) is 12.5 Å². The van der Waals surface area contributed by atoms with Crippen LogP contribution in [0.15, 0.2) is 59.4 Å². The number of fused-ring (bicyclic) bond motifs is 2. The van der Waals surface area contributed by atoms with E-state index in [2.05, 4.69) is 20.5 Å². The summed E-state index contributed by atoms with van der Waals surface area (Å²) in [5.74, 6) is 0.185. The predicted octanol–water partition coefficient (Wildman–Crippen LogP) is 3.28. The van der Waals surface area contributed by atoms with Gasteiger partial charge >= 0.3 is 11.8 Å². The van der Waals surface area contributed by atoms with Gasteiger partial charge in [0.05, 0.1) is 13.2 Å². The molecule has 218 valence electrons. The maximum atomic E-state index is 14.1. The second-order valence-electron chi connectivity index (χ2n) is 10.2. The molecule has 1 aliphatic rings. The molecule has 3 amide bonds. The van der Waals surface area contributed by atoms with Crippen LogP contribution in [0.25, 0.3) is 22.2 Å². The summed E-state index contributed by atoms with van der Waals surface area (Å²) in [7, 11) is 1.31. The number of nitrogens with zero attached hydrogens (tertiary/aromatic N) is 3. The van der Waals surface area contributed by atoms with Gasteiger partial charge in [-0.3, -0.25) is 19.5 Å². The Morgan fingerprint density at radius 2 is 1.98 bits per heavy atom.